The van der Waals surface area contributed by atoms with Crippen molar-refractivity contribution in [2.24, 2.45) is 0 Å². The Morgan fingerprint density at radius 3 is 2.36 bits per heavy atom. The largest absolute Gasteiger partial charge is 0.268 e. The molecule has 0 bridgehead atoms. The lowest BCUT2D eigenvalue weighted by atomic mass is 10.2. The van der Waals surface area contributed by atoms with Crippen molar-refractivity contribution in [1.82, 2.24) is 9.55 Å². The summed E-state index contributed by atoms with van der Waals surface area (Å²) in [5.41, 5.74) is 1.10. The Morgan fingerprint density at radius 2 is 1.61 bits per heavy atom. The number of benzene rings is 3. The van der Waals surface area contributed by atoms with E-state index in [9.17, 15) is 9.18 Å². The number of halogens is 3. The predicted molar refractivity (Wildman–Crippen MR) is 113 cm³/mol. The molecule has 3 nitrogen and oxygen atoms in total. The van der Waals surface area contributed by atoms with Crippen LogP contribution in [-0.4, -0.2) is 9.55 Å². The van der Waals surface area contributed by atoms with Gasteiger partial charge in [-0.25, -0.2) is 9.37 Å². The van der Waals surface area contributed by atoms with Crippen LogP contribution in [0.2, 0.25) is 10.0 Å². The van der Waals surface area contributed by atoms with Crippen molar-refractivity contribution in [2.45, 2.75) is 10.9 Å². The average molecular weight is 431 g/mol. The van der Waals surface area contributed by atoms with E-state index in [0.717, 1.165) is 5.56 Å². The molecule has 0 radical (unpaired) electrons. The second-order valence-corrected chi connectivity index (χ2v) is 7.75. The molecule has 140 valence electrons. The van der Waals surface area contributed by atoms with Gasteiger partial charge in [0.15, 0.2) is 5.16 Å². The Hall–Kier alpha value is -2.34. The number of nitrogens with zero attached hydrogens (tertiary/aromatic N) is 2. The molecule has 0 aliphatic carbocycles. The molecule has 1 heterocycles. The molecule has 4 aromatic rings. The molecule has 0 atom stereocenters. The molecule has 4 rings (SSSR count). The zero-order valence-electron chi connectivity index (χ0n) is 14.4. The highest BCUT2D eigenvalue weighted by molar-refractivity contribution is 7.98. The zero-order chi connectivity index (χ0) is 19.7. The minimum atomic E-state index is -0.501. The summed E-state index contributed by atoms with van der Waals surface area (Å²) in [6.07, 6.45) is 0. The van der Waals surface area contributed by atoms with Crippen LogP contribution in [0.5, 0.6) is 0 Å². The highest BCUT2D eigenvalue weighted by Gasteiger charge is 2.17. The number of para-hydroxylation sites is 2. The molecule has 7 heteroatoms. The van der Waals surface area contributed by atoms with Crippen molar-refractivity contribution in [3.8, 4) is 5.69 Å². The quantitative estimate of drug-likeness (QED) is 0.288. The smallest absolute Gasteiger partial charge is 0.266 e. The Labute approximate surface area is 174 Å². The third-order valence-corrected chi connectivity index (χ3v) is 5.92. The second-order valence-electron chi connectivity index (χ2n) is 5.99. The Morgan fingerprint density at radius 1 is 0.929 bits per heavy atom. The number of thioether (sulfide) groups is 1. The van der Waals surface area contributed by atoms with E-state index in [1.54, 1.807) is 54.6 Å². The van der Waals surface area contributed by atoms with Gasteiger partial charge in [0.05, 0.1) is 16.6 Å². The van der Waals surface area contributed by atoms with E-state index in [2.05, 4.69) is 4.98 Å². The standard InChI is InChI=1S/C21H13Cl2FN2OS/c22-15-7-5-8-16(23)14(15)12-28-21-25-18-10-3-1-6-13(18)20(27)26(21)19-11-4-2-9-17(19)24/h1-11H,12H2. The lowest BCUT2D eigenvalue weighted by molar-refractivity contribution is 0.608. The molecule has 0 aliphatic rings. The molecule has 0 spiro atoms. The fraction of sp³-hybridized carbons (Fsp3) is 0.0476. The van der Waals surface area contributed by atoms with Gasteiger partial charge in [0.25, 0.3) is 5.56 Å². The van der Waals surface area contributed by atoms with E-state index in [0.29, 0.717) is 31.9 Å². The molecule has 3 aromatic carbocycles. The fourth-order valence-electron chi connectivity index (χ4n) is 2.86. The normalized spacial score (nSPS) is 11.1. The minimum Gasteiger partial charge on any atom is -0.268 e. The number of hydrogen-bond acceptors (Lipinski definition) is 3. The van der Waals surface area contributed by atoms with Crippen LogP contribution in [0.1, 0.15) is 5.56 Å². The molecule has 0 amide bonds. The fourth-order valence-corrected chi connectivity index (χ4v) is 4.61. The Kier molecular flexibility index (Phi) is 5.40. The molecule has 1 aromatic heterocycles. The lowest BCUT2D eigenvalue weighted by Gasteiger charge is -2.14. The van der Waals surface area contributed by atoms with Crippen LogP contribution in [0.3, 0.4) is 0 Å². The second kappa shape index (κ2) is 7.95. The Balaban J connectivity index is 1.88. The van der Waals surface area contributed by atoms with Crippen LogP contribution < -0.4 is 5.56 Å². The number of hydrogen-bond donors (Lipinski definition) is 0. The van der Waals surface area contributed by atoms with Crippen molar-refractivity contribution in [3.05, 3.63) is 98.5 Å². The topological polar surface area (TPSA) is 34.9 Å². The van der Waals surface area contributed by atoms with Crippen LogP contribution in [0.4, 0.5) is 4.39 Å². The first-order valence-electron chi connectivity index (χ1n) is 8.38. The van der Waals surface area contributed by atoms with Crippen molar-refractivity contribution in [2.75, 3.05) is 0 Å². The van der Waals surface area contributed by atoms with Gasteiger partial charge < -0.3 is 0 Å². The zero-order valence-corrected chi connectivity index (χ0v) is 16.7. The highest BCUT2D eigenvalue weighted by Crippen LogP contribution is 2.32. The molecule has 0 N–H and O–H groups in total. The van der Waals surface area contributed by atoms with Gasteiger partial charge in [0.1, 0.15) is 5.82 Å². The van der Waals surface area contributed by atoms with E-state index in [4.69, 9.17) is 23.2 Å². The summed E-state index contributed by atoms with van der Waals surface area (Å²) in [6.45, 7) is 0. The lowest BCUT2D eigenvalue weighted by Crippen LogP contribution is -2.22. The highest BCUT2D eigenvalue weighted by atomic mass is 35.5. The monoisotopic (exact) mass is 430 g/mol. The molecule has 28 heavy (non-hydrogen) atoms. The summed E-state index contributed by atoms with van der Waals surface area (Å²) in [7, 11) is 0. The average Bonchev–Trinajstić information content (AvgIpc) is 2.69. The van der Waals surface area contributed by atoms with Gasteiger partial charge >= 0.3 is 0 Å². The summed E-state index contributed by atoms with van der Waals surface area (Å²) in [5, 5.41) is 1.84. The van der Waals surface area contributed by atoms with Crippen molar-refractivity contribution < 1.29 is 4.39 Å². The van der Waals surface area contributed by atoms with E-state index in [-0.39, 0.29) is 11.2 Å². The maximum atomic E-state index is 14.5. The molecule has 0 saturated carbocycles. The third kappa shape index (κ3) is 3.53. The van der Waals surface area contributed by atoms with Crippen molar-refractivity contribution >= 4 is 45.9 Å². The van der Waals surface area contributed by atoms with E-state index >= 15 is 0 Å². The third-order valence-electron chi connectivity index (χ3n) is 4.25. The van der Waals surface area contributed by atoms with Gasteiger partial charge in [-0.2, -0.15) is 0 Å². The summed E-state index contributed by atoms with van der Waals surface area (Å²) in [4.78, 5) is 17.7. The van der Waals surface area contributed by atoms with Crippen LogP contribution in [0, 0.1) is 5.82 Å². The van der Waals surface area contributed by atoms with Crippen molar-refractivity contribution in [3.63, 3.8) is 0 Å². The maximum Gasteiger partial charge on any atom is 0.266 e. The van der Waals surface area contributed by atoms with Crippen LogP contribution in [0.25, 0.3) is 16.6 Å². The van der Waals surface area contributed by atoms with E-state index in [1.807, 2.05) is 6.07 Å². The Bertz CT molecular complexity index is 1220. The first-order chi connectivity index (χ1) is 13.6. The van der Waals surface area contributed by atoms with E-state index in [1.165, 1.54) is 22.4 Å². The molecule has 0 unspecified atom stereocenters. The van der Waals surface area contributed by atoms with Gasteiger partial charge in [-0.05, 0) is 42.0 Å². The minimum absolute atomic E-state index is 0.151. The molecule has 0 saturated heterocycles. The summed E-state index contributed by atoms with van der Waals surface area (Å²) in [6, 6.07) is 18.4. The molecule has 0 aliphatic heterocycles. The van der Waals surface area contributed by atoms with Gasteiger partial charge in [0, 0.05) is 15.8 Å². The summed E-state index contributed by atoms with van der Waals surface area (Å²) >= 11 is 13.8. The van der Waals surface area contributed by atoms with Crippen molar-refractivity contribution in [1.29, 1.82) is 0 Å². The molecular formula is C21H13Cl2FN2OS. The van der Waals surface area contributed by atoms with Crippen LogP contribution in [0.15, 0.2) is 76.7 Å². The van der Waals surface area contributed by atoms with Gasteiger partial charge in [-0.1, -0.05) is 65.3 Å². The van der Waals surface area contributed by atoms with E-state index < -0.39 is 5.82 Å². The molecular weight excluding hydrogens is 418 g/mol. The predicted octanol–water partition coefficient (Wildman–Crippen LogP) is 6.12. The maximum absolute atomic E-state index is 14.5. The number of fused-ring (bicyclic) bond motifs is 1. The molecule has 0 fully saturated rings. The number of rotatable bonds is 4. The summed E-state index contributed by atoms with van der Waals surface area (Å²) in [5.74, 6) is -0.114. The van der Waals surface area contributed by atoms with Crippen LogP contribution in [-0.2, 0) is 5.75 Å². The number of aromatic nitrogens is 2. The summed E-state index contributed by atoms with van der Waals surface area (Å²) < 4.78 is 15.8. The first-order valence-corrected chi connectivity index (χ1v) is 10.1. The van der Waals surface area contributed by atoms with Crippen LogP contribution >= 0.6 is 35.0 Å². The van der Waals surface area contributed by atoms with Gasteiger partial charge in [-0.15, -0.1) is 0 Å². The van der Waals surface area contributed by atoms with Gasteiger partial charge in [-0.3, -0.25) is 9.36 Å². The first kappa shape index (κ1) is 19.0. The van der Waals surface area contributed by atoms with Gasteiger partial charge in [0.2, 0.25) is 0 Å². The SMILES string of the molecule is O=c1c2ccccc2nc(SCc2c(Cl)cccc2Cl)n1-c1ccccc1F.